The minimum atomic E-state index is -0.416. The lowest BCUT2D eigenvalue weighted by molar-refractivity contribution is -0.148. The molecule has 0 aliphatic carbocycles. The molecule has 0 N–H and O–H groups in total. The van der Waals surface area contributed by atoms with E-state index in [1.807, 2.05) is 25.2 Å². The number of pyridine rings is 1. The fourth-order valence-electron chi connectivity index (χ4n) is 4.25. The van der Waals surface area contributed by atoms with Crippen molar-refractivity contribution in [2.75, 3.05) is 33.3 Å². The number of amides is 1. The monoisotopic (exact) mass is 420 g/mol. The Kier molecular flexibility index (Phi) is 6.68. The normalized spacial score (nSPS) is 17.4. The van der Waals surface area contributed by atoms with Crippen molar-refractivity contribution in [1.29, 1.82) is 0 Å². The van der Waals surface area contributed by atoms with Gasteiger partial charge >= 0.3 is 0 Å². The Morgan fingerprint density at radius 2 is 2.03 bits per heavy atom. The summed E-state index contributed by atoms with van der Waals surface area (Å²) in [5.41, 5.74) is 3.57. The molecule has 3 heterocycles. The summed E-state index contributed by atoms with van der Waals surface area (Å²) < 4.78 is 8.19. The standard InChI is InChI=1S/C25H32N4O2/c1-19(2)29-17-20(22-9-4-5-10-23(22)29)16-28-14-15-31-24(18-28)25(30)27(3)13-11-21-8-6-7-12-26-21/h4-10,12,17,19,24H,11,13-16,18H2,1-3H3/t24-/m1/s1. The predicted octanol–water partition coefficient (Wildman–Crippen LogP) is 3.52. The van der Waals surface area contributed by atoms with Crippen LogP contribution < -0.4 is 0 Å². The van der Waals surface area contributed by atoms with Crippen LogP contribution in [0.3, 0.4) is 0 Å². The SMILES string of the molecule is CC(C)n1cc(CN2CCO[C@@H](C(=O)N(C)CCc3ccccn3)C2)c2ccccc21. The van der Waals surface area contributed by atoms with Gasteiger partial charge in [-0.15, -0.1) is 0 Å². The third kappa shape index (κ3) is 4.97. The van der Waals surface area contributed by atoms with Crippen molar-refractivity contribution >= 4 is 16.8 Å². The minimum absolute atomic E-state index is 0.0465. The zero-order chi connectivity index (χ0) is 21.8. The maximum atomic E-state index is 13.0. The first-order valence-corrected chi connectivity index (χ1v) is 11.1. The van der Waals surface area contributed by atoms with Crippen LogP contribution in [0.1, 0.15) is 31.1 Å². The van der Waals surface area contributed by atoms with Gasteiger partial charge < -0.3 is 14.2 Å². The Morgan fingerprint density at radius 1 is 1.23 bits per heavy atom. The number of likely N-dealkylation sites (N-methyl/N-ethyl adjacent to an activating group) is 1. The lowest BCUT2D eigenvalue weighted by Gasteiger charge is -2.34. The average molecular weight is 421 g/mol. The molecule has 0 spiro atoms. The number of carbonyl (C=O) groups excluding carboxylic acids is 1. The Bertz CT molecular complexity index is 1010. The maximum absolute atomic E-state index is 13.0. The van der Waals surface area contributed by atoms with Gasteiger partial charge in [0.2, 0.25) is 0 Å². The van der Waals surface area contributed by atoms with E-state index in [1.165, 1.54) is 16.5 Å². The first kappa shape index (κ1) is 21.5. The fourth-order valence-corrected chi connectivity index (χ4v) is 4.25. The molecule has 1 atom stereocenters. The highest BCUT2D eigenvalue weighted by Crippen LogP contribution is 2.26. The summed E-state index contributed by atoms with van der Waals surface area (Å²) in [6.07, 6.45) is 4.38. The highest BCUT2D eigenvalue weighted by molar-refractivity contribution is 5.84. The Hall–Kier alpha value is -2.70. The van der Waals surface area contributed by atoms with Crippen molar-refractivity contribution in [3.05, 3.63) is 66.1 Å². The van der Waals surface area contributed by atoms with Gasteiger partial charge in [0, 0.05) is 74.7 Å². The van der Waals surface area contributed by atoms with Crippen LogP contribution >= 0.6 is 0 Å². The summed E-state index contributed by atoms with van der Waals surface area (Å²) in [4.78, 5) is 21.4. The van der Waals surface area contributed by atoms with Gasteiger partial charge in [-0.3, -0.25) is 14.7 Å². The molecule has 1 aromatic carbocycles. The van der Waals surface area contributed by atoms with Crippen LogP contribution in [-0.2, 0) is 22.5 Å². The quantitative estimate of drug-likeness (QED) is 0.587. The van der Waals surface area contributed by atoms with E-state index in [1.54, 1.807) is 11.1 Å². The van der Waals surface area contributed by atoms with Crippen LogP contribution in [0, 0.1) is 0 Å². The Balaban J connectivity index is 1.39. The topological polar surface area (TPSA) is 50.6 Å². The number of nitrogens with zero attached hydrogens (tertiary/aromatic N) is 4. The molecule has 1 aliphatic heterocycles. The summed E-state index contributed by atoms with van der Waals surface area (Å²) >= 11 is 0. The van der Waals surface area contributed by atoms with Crippen molar-refractivity contribution in [1.82, 2.24) is 19.4 Å². The highest BCUT2D eigenvalue weighted by Gasteiger charge is 2.29. The van der Waals surface area contributed by atoms with Crippen molar-refractivity contribution in [3.63, 3.8) is 0 Å². The second kappa shape index (κ2) is 9.62. The predicted molar refractivity (Wildman–Crippen MR) is 123 cm³/mol. The van der Waals surface area contributed by atoms with Crippen LogP contribution in [0.4, 0.5) is 0 Å². The summed E-state index contributed by atoms with van der Waals surface area (Å²) in [6, 6.07) is 14.8. The van der Waals surface area contributed by atoms with Crippen LogP contribution in [0.15, 0.2) is 54.9 Å². The largest absolute Gasteiger partial charge is 0.366 e. The molecule has 6 heteroatoms. The van der Waals surface area contributed by atoms with E-state index in [2.05, 4.69) is 58.8 Å². The number of benzene rings is 1. The highest BCUT2D eigenvalue weighted by atomic mass is 16.5. The maximum Gasteiger partial charge on any atom is 0.252 e. The van der Waals surface area contributed by atoms with E-state index in [0.29, 0.717) is 25.7 Å². The van der Waals surface area contributed by atoms with Gasteiger partial charge in [0.05, 0.1) is 6.61 Å². The van der Waals surface area contributed by atoms with E-state index in [4.69, 9.17) is 4.74 Å². The molecule has 0 saturated carbocycles. The molecule has 1 amide bonds. The van der Waals surface area contributed by atoms with E-state index in [-0.39, 0.29) is 5.91 Å². The van der Waals surface area contributed by atoms with Crippen molar-refractivity contribution in [3.8, 4) is 0 Å². The zero-order valence-electron chi connectivity index (χ0n) is 18.7. The van der Waals surface area contributed by atoms with Gasteiger partial charge in [0.25, 0.3) is 5.91 Å². The molecule has 1 saturated heterocycles. The Morgan fingerprint density at radius 3 is 2.81 bits per heavy atom. The molecule has 2 aromatic heterocycles. The molecule has 3 aromatic rings. The van der Waals surface area contributed by atoms with Gasteiger partial charge in [-0.1, -0.05) is 24.3 Å². The van der Waals surface area contributed by atoms with Gasteiger partial charge in [0.1, 0.15) is 6.10 Å². The molecule has 4 rings (SSSR count). The average Bonchev–Trinajstić information content (AvgIpc) is 3.16. The second-order valence-corrected chi connectivity index (χ2v) is 8.60. The molecule has 164 valence electrons. The van der Waals surface area contributed by atoms with Crippen LogP contribution in [0.2, 0.25) is 0 Å². The van der Waals surface area contributed by atoms with E-state index < -0.39 is 6.10 Å². The molecule has 6 nitrogen and oxygen atoms in total. The number of rotatable bonds is 7. The fraction of sp³-hybridized carbons (Fsp3) is 0.440. The van der Waals surface area contributed by atoms with Crippen molar-refractivity contribution in [2.45, 2.75) is 39.0 Å². The van der Waals surface area contributed by atoms with E-state index in [0.717, 1.165) is 25.2 Å². The molecule has 0 radical (unpaired) electrons. The number of carbonyl (C=O) groups is 1. The molecule has 0 unspecified atom stereocenters. The lowest BCUT2D eigenvalue weighted by atomic mass is 10.1. The summed E-state index contributed by atoms with van der Waals surface area (Å²) in [6.45, 7) is 7.91. The number of para-hydroxylation sites is 1. The van der Waals surface area contributed by atoms with E-state index in [9.17, 15) is 4.79 Å². The first-order chi connectivity index (χ1) is 15.0. The van der Waals surface area contributed by atoms with Gasteiger partial charge in [-0.25, -0.2) is 0 Å². The third-order valence-corrected chi connectivity index (χ3v) is 6.01. The number of morpholine rings is 1. The molecular weight excluding hydrogens is 388 g/mol. The molecular formula is C25H32N4O2. The van der Waals surface area contributed by atoms with Gasteiger partial charge in [-0.2, -0.15) is 0 Å². The Labute approximate surface area is 184 Å². The van der Waals surface area contributed by atoms with Gasteiger partial charge in [0.15, 0.2) is 0 Å². The van der Waals surface area contributed by atoms with E-state index >= 15 is 0 Å². The second-order valence-electron chi connectivity index (χ2n) is 8.60. The van der Waals surface area contributed by atoms with Crippen molar-refractivity contribution in [2.24, 2.45) is 0 Å². The molecule has 0 bridgehead atoms. The molecule has 1 aliphatic rings. The number of hydrogen-bond donors (Lipinski definition) is 0. The summed E-state index contributed by atoms with van der Waals surface area (Å²) in [7, 11) is 1.85. The number of ether oxygens (including phenoxy) is 1. The zero-order valence-corrected chi connectivity index (χ0v) is 18.7. The third-order valence-electron chi connectivity index (χ3n) is 6.01. The van der Waals surface area contributed by atoms with Crippen LogP contribution in [0.5, 0.6) is 0 Å². The number of aromatic nitrogens is 2. The number of fused-ring (bicyclic) bond motifs is 1. The van der Waals surface area contributed by atoms with Crippen LogP contribution in [0.25, 0.3) is 10.9 Å². The van der Waals surface area contributed by atoms with Crippen molar-refractivity contribution < 1.29 is 9.53 Å². The van der Waals surface area contributed by atoms with Gasteiger partial charge in [-0.05, 0) is 37.6 Å². The minimum Gasteiger partial charge on any atom is -0.366 e. The number of hydrogen-bond acceptors (Lipinski definition) is 4. The van der Waals surface area contributed by atoms with Crippen LogP contribution in [-0.4, -0.2) is 64.7 Å². The lowest BCUT2D eigenvalue weighted by Crippen LogP contribution is -2.50. The first-order valence-electron chi connectivity index (χ1n) is 11.1. The smallest absolute Gasteiger partial charge is 0.252 e. The summed E-state index contributed by atoms with van der Waals surface area (Å²) in [5, 5.41) is 1.29. The summed E-state index contributed by atoms with van der Waals surface area (Å²) in [5.74, 6) is 0.0465. The molecule has 31 heavy (non-hydrogen) atoms. The molecule has 1 fully saturated rings.